The van der Waals surface area contributed by atoms with E-state index in [0.29, 0.717) is 13.0 Å². The van der Waals surface area contributed by atoms with Crippen LogP contribution >= 0.6 is 0 Å². The highest BCUT2D eigenvalue weighted by molar-refractivity contribution is 5.77. The first-order chi connectivity index (χ1) is 6.72. The van der Waals surface area contributed by atoms with Crippen LogP contribution in [0.3, 0.4) is 0 Å². The van der Waals surface area contributed by atoms with Crippen molar-refractivity contribution in [1.29, 1.82) is 0 Å². The van der Waals surface area contributed by atoms with Crippen molar-refractivity contribution in [3.05, 3.63) is 35.6 Å². The molecule has 0 aliphatic carbocycles. The lowest BCUT2D eigenvalue weighted by Crippen LogP contribution is -2.31. The summed E-state index contributed by atoms with van der Waals surface area (Å²) >= 11 is 0. The molecule has 0 aromatic heterocycles. The van der Waals surface area contributed by atoms with Crippen LogP contribution in [-0.4, -0.2) is 19.0 Å². The smallest absolute Gasteiger partial charge is 0.233 e. The minimum Gasteiger partial charge on any atom is -0.355 e. The van der Waals surface area contributed by atoms with Crippen molar-refractivity contribution < 1.29 is 9.18 Å². The lowest BCUT2D eigenvalue weighted by molar-refractivity contribution is -0.119. The van der Waals surface area contributed by atoms with E-state index in [1.165, 1.54) is 12.1 Å². The summed E-state index contributed by atoms with van der Waals surface area (Å²) in [6, 6.07) is 6.31. The number of carbonyl (C=O) groups is 1. The van der Waals surface area contributed by atoms with Crippen LogP contribution in [0.25, 0.3) is 0 Å². The lowest BCUT2D eigenvalue weighted by atomic mass is 10.1. The average molecular weight is 196 g/mol. The molecular formula is C10H13FN2O. The molecule has 0 aliphatic heterocycles. The molecule has 0 heterocycles. The molecule has 0 spiro atoms. The highest BCUT2D eigenvalue weighted by Gasteiger charge is 1.97. The van der Waals surface area contributed by atoms with Crippen molar-refractivity contribution >= 4 is 5.91 Å². The minimum absolute atomic E-state index is 0.0108. The van der Waals surface area contributed by atoms with Crippen LogP contribution in [0.5, 0.6) is 0 Å². The molecule has 0 saturated carbocycles. The van der Waals surface area contributed by atoms with Crippen LogP contribution in [0.2, 0.25) is 0 Å². The number of rotatable bonds is 4. The van der Waals surface area contributed by atoms with Crippen molar-refractivity contribution in [2.45, 2.75) is 6.42 Å². The number of hydrogen-bond donors (Lipinski definition) is 2. The quantitative estimate of drug-likeness (QED) is 0.734. The molecule has 3 N–H and O–H groups in total. The number of nitrogens with one attached hydrogen (secondary N) is 1. The number of hydrogen-bond acceptors (Lipinski definition) is 2. The molecule has 4 heteroatoms. The molecule has 0 atom stereocenters. The summed E-state index contributed by atoms with van der Waals surface area (Å²) in [5.41, 5.74) is 5.97. The van der Waals surface area contributed by atoms with Crippen LogP contribution in [0.15, 0.2) is 24.3 Å². The van der Waals surface area contributed by atoms with Gasteiger partial charge in [-0.2, -0.15) is 0 Å². The van der Waals surface area contributed by atoms with Gasteiger partial charge in [-0.1, -0.05) is 12.1 Å². The number of nitrogens with two attached hydrogens (primary N) is 1. The zero-order valence-electron chi connectivity index (χ0n) is 7.79. The molecular weight excluding hydrogens is 183 g/mol. The van der Waals surface area contributed by atoms with E-state index in [9.17, 15) is 9.18 Å². The van der Waals surface area contributed by atoms with Crippen molar-refractivity contribution in [2.75, 3.05) is 13.1 Å². The summed E-state index contributed by atoms with van der Waals surface area (Å²) in [7, 11) is 0. The molecule has 0 fully saturated rings. The van der Waals surface area contributed by atoms with Crippen LogP contribution in [-0.2, 0) is 11.2 Å². The Morgan fingerprint density at radius 2 is 2.29 bits per heavy atom. The predicted molar refractivity (Wildman–Crippen MR) is 52.2 cm³/mol. The van der Waals surface area contributed by atoms with E-state index in [1.807, 2.05) is 6.07 Å². The molecule has 0 bridgehead atoms. The second-order valence-electron chi connectivity index (χ2n) is 2.93. The minimum atomic E-state index is -0.257. The molecule has 3 nitrogen and oxygen atoms in total. The Hall–Kier alpha value is -1.42. The summed E-state index contributed by atoms with van der Waals surface area (Å²) in [4.78, 5) is 10.8. The first-order valence-corrected chi connectivity index (χ1v) is 4.43. The topological polar surface area (TPSA) is 55.1 Å². The van der Waals surface area contributed by atoms with Crippen LogP contribution < -0.4 is 11.1 Å². The third-order valence-electron chi connectivity index (χ3n) is 1.81. The van der Waals surface area contributed by atoms with E-state index in [0.717, 1.165) is 5.56 Å². The van der Waals surface area contributed by atoms with Gasteiger partial charge in [0.25, 0.3) is 0 Å². The summed E-state index contributed by atoms with van der Waals surface area (Å²) < 4.78 is 12.7. The fraction of sp³-hybridized carbons (Fsp3) is 0.300. The standard InChI is InChI=1S/C10H13FN2O/c11-9-3-1-2-8(6-9)4-5-13-10(14)7-12/h1-3,6H,4-5,7,12H2,(H,13,14). The average Bonchev–Trinajstić information content (AvgIpc) is 2.17. The van der Waals surface area contributed by atoms with Crippen LogP contribution in [0, 0.1) is 5.82 Å². The Labute approximate surface area is 82.1 Å². The normalized spacial score (nSPS) is 9.86. The maximum absolute atomic E-state index is 12.7. The number of benzene rings is 1. The van der Waals surface area contributed by atoms with Gasteiger partial charge in [-0.25, -0.2) is 4.39 Å². The Bertz CT molecular complexity index is 315. The Kier molecular flexibility index (Phi) is 4.07. The zero-order valence-corrected chi connectivity index (χ0v) is 7.79. The number of amides is 1. The second kappa shape index (κ2) is 5.34. The van der Waals surface area contributed by atoms with Crippen LogP contribution in [0.1, 0.15) is 5.56 Å². The monoisotopic (exact) mass is 196 g/mol. The highest BCUT2D eigenvalue weighted by Crippen LogP contribution is 2.03. The summed E-state index contributed by atoms with van der Waals surface area (Å²) in [6.45, 7) is 0.475. The van der Waals surface area contributed by atoms with Crippen molar-refractivity contribution in [2.24, 2.45) is 5.73 Å². The Balaban J connectivity index is 2.35. The fourth-order valence-electron chi connectivity index (χ4n) is 1.11. The number of halogens is 1. The Morgan fingerprint density at radius 1 is 1.50 bits per heavy atom. The van der Waals surface area contributed by atoms with E-state index >= 15 is 0 Å². The third kappa shape index (κ3) is 3.53. The fourth-order valence-corrected chi connectivity index (χ4v) is 1.11. The maximum atomic E-state index is 12.7. The molecule has 1 aromatic carbocycles. The second-order valence-corrected chi connectivity index (χ2v) is 2.93. The van der Waals surface area contributed by atoms with Gasteiger partial charge in [-0.05, 0) is 24.1 Å². The molecule has 1 amide bonds. The van der Waals surface area contributed by atoms with E-state index in [2.05, 4.69) is 5.32 Å². The third-order valence-corrected chi connectivity index (χ3v) is 1.81. The first-order valence-electron chi connectivity index (χ1n) is 4.43. The van der Waals surface area contributed by atoms with Gasteiger partial charge in [0.2, 0.25) is 5.91 Å². The summed E-state index contributed by atoms with van der Waals surface area (Å²) in [6.07, 6.45) is 0.615. The van der Waals surface area contributed by atoms with E-state index in [-0.39, 0.29) is 18.3 Å². The van der Waals surface area contributed by atoms with Gasteiger partial charge < -0.3 is 11.1 Å². The van der Waals surface area contributed by atoms with Gasteiger partial charge in [0.1, 0.15) is 5.82 Å². The molecule has 0 aliphatic rings. The van der Waals surface area contributed by atoms with Crippen molar-refractivity contribution in [1.82, 2.24) is 5.32 Å². The van der Waals surface area contributed by atoms with Gasteiger partial charge >= 0.3 is 0 Å². The molecule has 1 aromatic rings. The summed E-state index contributed by atoms with van der Waals surface area (Å²) in [5.74, 6) is -0.450. The van der Waals surface area contributed by atoms with Gasteiger partial charge in [0.05, 0.1) is 6.54 Å². The maximum Gasteiger partial charge on any atom is 0.233 e. The highest BCUT2D eigenvalue weighted by atomic mass is 19.1. The van der Waals surface area contributed by atoms with Gasteiger partial charge in [0, 0.05) is 6.54 Å². The van der Waals surface area contributed by atoms with Gasteiger partial charge in [0.15, 0.2) is 0 Å². The van der Waals surface area contributed by atoms with E-state index in [4.69, 9.17) is 5.73 Å². The number of carbonyl (C=O) groups excluding carboxylic acids is 1. The SMILES string of the molecule is NCC(=O)NCCc1cccc(F)c1. The zero-order chi connectivity index (χ0) is 10.4. The predicted octanol–water partition coefficient (Wildman–Crippen LogP) is 0.443. The molecule has 14 heavy (non-hydrogen) atoms. The van der Waals surface area contributed by atoms with E-state index < -0.39 is 0 Å². The molecule has 0 saturated heterocycles. The molecule has 0 unspecified atom stereocenters. The van der Waals surface area contributed by atoms with Crippen LogP contribution in [0.4, 0.5) is 4.39 Å². The van der Waals surface area contributed by atoms with Gasteiger partial charge in [-0.3, -0.25) is 4.79 Å². The summed E-state index contributed by atoms with van der Waals surface area (Å²) in [5, 5.41) is 2.61. The van der Waals surface area contributed by atoms with Crippen molar-refractivity contribution in [3.63, 3.8) is 0 Å². The largest absolute Gasteiger partial charge is 0.355 e. The molecule has 1 rings (SSSR count). The molecule has 0 radical (unpaired) electrons. The Morgan fingerprint density at radius 3 is 2.93 bits per heavy atom. The van der Waals surface area contributed by atoms with Gasteiger partial charge in [-0.15, -0.1) is 0 Å². The van der Waals surface area contributed by atoms with Crippen molar-refractivity contribution in [3.8, 4) is 0 Å². The van der Waals surface area contributed by atoms with E-state index in [1.54, 1.807) is 6.07 Å². The first kappa shape index (κ1) is 10.7. The molecule has 76 valence electrons. The lowest BCUT2D eigenvalue weighted by Gasteiger charge is -2.03.